The fourth-order valence-electron chi connectivity index (χ4n) is 4.10. The molecule has 5 rings (SSSR count). The molecule has 41 heavy (non-hydrogen) atoms. The maximum Gasteiger partial charge on any atom is 0.339 e. The summed E-state index contributed by atoms with van der Waals surface area (Å²) in [5.74, 6) is -1.90. The number of allylic oxidation sites excluding steroid dienone is 3. The Morgan fingerprint density at radius 2 is 1.49 bits per heavy atom. The van der Waals surface area contributed by atoms with E-state index in [1.165, 1.54) is 18.2 Å². The highest BCUT2D eigenvalue weighted by molar-refractivity contribution is 7.86. The van der Waals surface area contributed by atoms with E-state index in [-0.39, 0.29) is 27.2 Å². The number of nitrogens with zero attached hydrogens (tertiary/aromatic N) is 3. The van der Waals surface area contributed by atoms with Crippen LogP contribution >= 0.6 is 0 Å². The molecule has 0 spiro atoms. The monoisotopic (exact) mass is 567 g/mol. The summed E-state index contributed by atoms with van der Waals surface area (Å²) in [5, 5.41) is 22.3. The zero-order chi connectivity index (χ0) is 29.1. The van der Waals surface area contributed by atoms with Gasteiger partial charge in [0.1, 0.15) is 16.2 Å². The van der Waals surface area contributed by atoms with Crippen LogP contribution in [0.1, 0.15) is 0 Å². The van der Waals surface area contributed by atoms with Crippen molar-refractivity contribution in [2.24, 2.45) is 15.3 Å². The molecule has 0 aliphatic heterocycles. The Morgan fingerprint density at radius 3 is 2.12 bits per heavy atom. The lowest BCUT2D eigenvalue weighted by molar-refractivity contribution is -0.134. The standard InChI is InChI=1S/C29H21N5O6S/c30-28-23-4-2-1-3-22(23)27(41(38,39)40)16-25(28)34-32-20-11-7-18(8-12-20)17-5-9-19(10-6-17)31-33-21-13-14-26(35)24(15-21)29(36)37/h1-16,31H,30H2,(H,36,37)(H,38,39,40)/b33-21+,34-32?. The molecule has 12 heteroatoms. The highest BCUT2D eigenvalue weighted by Gasteiger charge is 2.19. The average molecular weight is 568 g/mol. The maximum atomic E-state index is 11.9. The Bertz CT molecular complexity index is 1930. The molecule has 0 aromatic heterocycles. The molecule has 4 aromatic carbocycles. The highest BCUT2D eigenvalue weighted by Crippen LogP contribution is 2.37. The van der Waals surface area contributed by atoms with E-state index in [4.69, 9.17) is 10.8 Å². The summed E-state index contributed by atoms with van der Waals surface area (Å²) in [7, 11) is -4.52. The van der Waals surface area contributed by atoms with Crippen molar-refractivity contribution in [3.05, 3.63) is 103 Å². The van der Waals surface area contributed by atoms with Gasteiger partial charge >= 0.3 is 5.97 Å². The minimum atomic E-state index is -4.52. The van der Waals surface area contributed by atoms with Crippen molar-refractivity contribution in [1.29, 1.82) is 0 Å². The van der Waals surface area contributed by atoms with Crippen LogP contribution in [0, 0.1) is 0 Å². The normalized spacial score (nSPS) is 14.5. The number of hydrogen-bond donors (Lipinski definition) is 4. The number of aliphatic carboxylic acids is 1. The molecule has 0 unspecified atom stereocenters. The first kappa shape index (κ1) is 27.1. The van der Waals surface area contributed by atoms with Crippen molar-refractivity contribution >= 4 is 61.1 Å². The first-order chi connectivity index (χ1) is 19.6. The number of carbonyl (C=O) groups excluding carboxylic acids is 1. The van der Waals surface area contributed by atoms with Gasteiger partial charge in [-0.05, 0) is 59.7 Å². The number of benzene rings is 4. The SMILES string of the molecule is Nc1c(N=Nc2ccc(-c3ccc(N/N=C4\C=CC(=O)C(C(=O)O)=C4)cc3)cc2)cc(S(=O)(=O)O)c2ccccc12. The van der Waals surface area contributed by atoms with Gasteiger partial charge in [-0.1, -0.05) is 48.5 Å². The van der Waals surface area contributed by atoms with Gasteiger partial charge in [-0.2, -0.15) is 18.6 Å². The van der Waals surface area contributed by atoms with Gasteiger partial charge in [0, 0.05) is 10.8 Å². The van der Waals surface area contributed by atoms with E-state index in [0.717, 1.165) is 17.2 Å². The van der Waals surface area contributed by atoms with Crippen LogP contribution in [0.15, 0.2) is 123 Å². The molecule has 0 fully saturated rings. The number of hydrazone groups is 1. The molecular formula is C29H21N5O6S. The van der Waals surface area contributed by atoms with Crippen LogP contribution in [-0.2, 0) is 19.7 Å². The van der Waals surface area contributed by atoms with Gasteiger partial charge < -0.3 is 10.8 Å². The Labute approximate surface area is 233 Å². The van der Waals surface area contributed by atoms with Gasteiger partial charge in [0.25, 0.3) is 10.1 Å². The van der Waals surface area contributed by atoms with Crippen molar-refractivity contribution < 1.29 is 27.7 Å². The third-order valence-electron chi connectivity index (χ3n) is 6.17. The van der Waals surface area contributed by atoms with Crippen LogP contribution in [0.4, 0.5) is 22.7 Å². The lowest BCUT2D eigenvalue weighted by Gasteiger charge is -2.09. The zero-order valence-electron chi connectivity index (χ0n) is 21.1. The number of nitrogens with two attached hydrogens (primary N) is 1. The highest BCUT2D eigenvalue weighted by atomic mass is 32.2. The molecule has 204 valence electrons. The van der Waals surface area contributed by atoms with E-state index < -0.39 is 21.9 Å². The third kappa shape index (κ3) is 5.93. The molecule has 1 aliphatic rings. The van der Waals surface area contributed by atoms with Crippen molar-refractivity contribution in [3.63, 3.8) is 0 Å². The van der Waals surface area contributed by atoms with Crippen LogP contribution in [0.25, 0.3) is 21.9 Å². The van der Waals surface area contributed by atoms with Crippen LogP contribution in [0.2, 0.25) is 0 Å². The number of rotatable bonds is 7. The number of hydrogen-bond acceptors (Lipinski definition) is 9. The molecule has 0 atom stereocenters. The van der Waals surface area contributed by atoms with Crippen LogP contribution in [-0.4, -0.2) is 35.5 Å². The summed E-state index contributed by atoms with van der Waals surface area (Å²) in [6, 6.07) is 22.2. The van der Waals surface area contributed by atoms with Crippen molar-refractivity contribution in [3.8, 4) is 11.1 Å². The molecule has 0 bridgehead atoms. The van der Waals surface area contributed by atoms with Crippen molar-refractivity contribution in [2.75, 3.05) is 11.2 Å². The molecule has 0 heterocycles. The summed E-state index contributed by atoms with van der Waals surface area (Å²) < 4.78 is 33.5. The van der Waals surface area contributed by atoms with Gasteiger partial charge in [0.15, 0.2) is 5.78 Å². The molecule has 5 N–H and O–H groups in total. The number of nitrogen functional groups attached to an aromatic ring is 1. The third-order valence-corrected chi connectivity index (χ3v) is 7.06. The number of fused-ring (bicyclic) bond motifs is 1. The van der Waals surface area contributed by atoms with E-state index in [1.807, 2.05) is 24.3 Å². The summed E-state index contributed by atoms with van der Waals surface area (Å²) in [4.78, 5) is 22.4. The number of azo groups is 1. The number of ketones is 1. The maximum absolute atomic E-state index is 11.9. The smallest absolute Gasteiger partial charge is 0.339 e. The Morgan fingerprint density at radius 1 is 0.854 bits per heavy atom. The predicted octanol–water partition coefficient (Wildman–Crippen LogP) is 5.67. The number of anilines is 2. The fourth-order valence-corrected chi connectivity index (χ4v) is 4.82. The molecular weight excluding hydrogens is 546 g/mol. The van der Waals surface area contributed by atoms with E-state index in [0.29, 0.717) is 22.5 Å². The zero-order valence-corrected chi connectivity index (χ0v) is 21.9. The van der Waals surface area contributed by atoms with E-state index in [2.05, 4.69) is 20.8 Å². The minimum absolute atomic E-state index is 0.108. The summed E-state index contributed by atoms with van der Waals surface area (Å²) in [5.41, 5.74) is 12.3. The first-order valence-corrected chi connectivity index (χ1v) is 13.5. The van der Waals surface area contributed by atoms with E-state index >= 15 is 0 Å². The second-order valence-corrected chi connectivity index (χ2v) is 10.3. The Balaban J connectivity index is 1.31. The van der Waals surface area contributed by atoms with Gasteiger partial charge in [-0.25, -0.2) is 4.79 Å². The predicted molar refractivity (Wildman–Crippen MR) is 155 cm³/mol. The molecule has 0 radical (unpaired) electrons. The van der Waals surface area contributed by atoms with Gasteiger partial charge in [0.2, 0.25) is 0 Å². The number of carboxylic acid groups (broad SMARTS) is 1. The number of carbonyl (C=O) groups is 2. The summed E-state index contributed by atoms with van der Waals surface area (Å²) in [6.07, 6.45) is 3.79. The van der Waals surface area contributed by atoms with Crippen LogP contribution < -0.4 is 11.2 Å². The number of carboxylic acids is 1. The van der Waals surface area contributed by atoms with E-state index in [1.54, 1.807) is 48.5 Å². The van der Waals surface area contributed by atoms with E-state index in [9.17, 15) is 22.6 Å². The topological polar surface area (TPSA) is 184 Å². The number of nitrogens with one attached hydrogen (secondary N) is 1. The average Bonchev–Trinajstić information content (AvgIpc) is 2.96. The quantitative estimate of drug-likeness (QED) is 0.0549. The second-order valence-electron chi connectivity index (χ2n) is 8.86. The lowest BCUT2D eigenvalue weighted by atomic mass is 10.0. The van der Waals surface area contributed by atoms with Crippen LogP contribution in [0.3, 0.4) is 0 Å². The molecule has 4 aromatic rings. The molecule has 0 amide bonds. The largest absolute Gasteiger partial charge is 0.478 e. The molecule has 0 saturated carbocycles. The Hall–Kier alpha value is -5.46. The van der Waals surface area contributed by atoms with Gasteiger partial charge in [-0.3, -0.25) is 14.8 Å². The molecule has 1 aliphatic carbocycles. The first-order valence-electron chi connectivity index (χ1n) is 12.0. The molecule has 0 saturated heterocycles. The minimum Gasteiger partial charge on any atom is -0.478 e. The lowest BCUT2D eigenvalue weighted by Crippen LogP contribution is -2.15. The molecule has 11 nitrogen and oxygen atoms in total. The Kier molecular flexibility index (Phi) is 7.25. The summed E-state index contributed by atoms with van der Waals surface area (Å²) >= 11 is 0. The van der Waals surface area contributed by atoms with Crippen LogP contribution in [0.5, 0.6) is 0 Å². The van der Waals surface area contributed by atoms with Gasteiger partial charge in [0.05, 0.1) is 22.8 Å². The van der Waals surface area contributed by atoms with Gasteiger partial charge in [-0.15, -0.1) is 5.11 Å². The second kappa shape index (κ2) is 11.0. The van der Waals surface area contributed by atoms with Crippen molar-refractivity contribution in [1.82, 2.24) is 0 Å². The fraction of sp³-hybridized carbons (Fsp3) is 0. The van der Waals surface area contributed by atoms with Crippen molar-refractivity contribution in [2.45, 2.75) is 4.90 Å². The summed E-state index contributed by atoms with van der Waals surface area (Å²) in [6.45, 7) is 0.